The molecule has 0 heterocycles. The largest absolute Gasteiger partial charge is 0.465 e. The Morgan fingerprint density at radius 3 is 1.19 bits per heavy atom. The van der Waals surface area contributed by atoms with Gasteiger partial charge in [-0.15, -0.1) is 0 Å². The molecule has 6 nitrogen and oxygen atoms in total. The second kappa shape index (κ2) is 49.8. The SMILES string of the molecule is C.C.C.C.C.C.CCOC(N)=O.NC(=O)O. The van der Waals surface area contributed by atoms with Crippen LogP contribution in [0, 0.1) is 0 Å². The molecule has 0 aromatic heterocycles. The van der Waals surface area contributed by atoms with Gasteiger partial charge in [-0.05, 0) is 6.92 Å². The summed E-state index contributed by atoms with van der Waals surface area (Å²) in [6, 6.07) is 0. The van der Waals surface area contributed by atoms with Crippen LogP contribution in [0.3, 0.4) is 0 Å². The number of primary amides is 2. The zero-order valence-corrected chi connectivity index (χ0v) is 5.53. The molecular weight excluding hydrogens is 212 g/mol. The number of hydrogen-bond acceptors (Lipinski definition) is 3. The van der Waals surface area contributed by atoms with Crippen molar-refractivity contribution in [3.05, 3.63) is 0 Å². The molecule has 0 aromatic carbocycles. The Kier molecular flexibility index (Phi) is 194. The molecule has 0 spiro atoms. The summed E-state index contributed by atoms with van der Waals surface area (Å²) in [5, 5.41) is 7.19. The molecular formula is C10H34N2O4. The van der Waals surface area contributed by atoms with Gasteiger partial charge in [0.15, 0.2) is 0 Å². The van der Waals surface area contributed by atoms with Crippen LogP contribution in [-0.4, -0.2) is 23.9 Å². The first-order chi connectivity index (χ1) is 4.50. The van der Waals surface area contributed by atoms with Crippen LogP contribution in [0.25, 0.3) is 0 Å². The number of amides is 2. The maximum absolute atomic E-state index is 9.60. The number of carboxylic acid groups (broad SMARTS) is 1. The van der Waals surface area contributed by atoms with E-state index in [2.05, 4.69) is 16.2 Å². The van der Waals surface area contributed by atoms with Gasteiger partial charge in [0.25, 0.3) is 0 Å². The zero-order chi connectivity index (χ0) is 8.57. The van der Waals surface area contributed by atoms with E-state index >= 15 is 0 Å². The highest BCUT2D eigenvalue weighted by atomic mass is 16.5. The lowest BCUT2D eigenvalue weighted by atomic mass is 10.9. The van der Waals surface area contributed by atoms with Crippen molar-refractivity contribution in [2.45, 2.75) is 51.5 Å². The molecule has 0 saturated carbocycles. The van der Waals surface area contributed by atoms with Crippen molar-refractivity contribution in [2.75, 3.05) is 6.61 Å². The van der Waals surface area contributed by atoms with Gasteiger partial charge in [0, 0.05) is 0 Å². The minimum absolute atomic E-state index is 0. The highest BCUT2D eigenvalue weighted by Gasteiger charge is 1.82. The van der Waals surface area contributed by atoms with E-state index in [-0.39, 0.29) is 44.6 Å². The van der Waals surface area contributed by atoms with E-state index in [1.807, 2.05) is 0 Å². The summed E-state index contributed by atoms with van der Waals surface area (Å²) in [4.78, 5) is 18.4. The molecule has 0 radical (unpaired) electrons. The molecule has 0 unspecified atom stereocenters. The van der Waals surface area contributed by atoms with Gasteiger partial charge < -0.3 is 21.3 Å². The van der Waals surface area contributed by atoms with Crippen LogP contribution < -0.4 is 11.5 Å². The second-order valence-corrected chi connectivity index (χ2v) is 1.09. The fourth-order valence-electron chi connectivity index (χ4n) is 0.142. The standard InChI is InChI=1S/C3H7NO2.CH3NO2.6CH4/c1-2-6-3(4)5;2-1(3)4;;;;;;/h2H2,1H3,(H2,4,5);2H2,(H,3,4);6*1H4. The van der Waals surface area contributed by atoms with E-state index in [4.69, 9.17) is 9.90 Å². The van der Waals surface area contributed by atoms with Gasteiger partial charge in [0.1, 0.15) is 0 Å². The Bertz CT molecular complexity index is 115. The molecule has 0 aliphatic heterocycles. The third-order valence-electron chi connectivity index (χ3n) is 0.287. The van der Waals surface area contributed by atoms with Gasteiger partial charge in [0.05, 0.1) is 6.61 Å². The van der Waals surface area contributed by atoms with E-state index in [1.54, 1.807) is 6.92 Å². The van der Waals surface area contributed by atoms with Crippen LogP contribution in [0.15, 0.2) is 0 Å². The summed E-state index contributed by atoms with van der Waals surface area (Å²) >= 11 is 0. The number of carbonyl (C=O) groups is 2. The number of carbonyl (C=O) groups excluding carboxylic acids is 1. The Balaban J connectivity index is -0.00000001000. The van der Waals surface area contributed by atoms with Gasteiger partial charge in [-0.1, -0.05) is 44.6 Å². The van der Waals surface area contributed by atoms with E-state index in [0.29, 0.717) is 6.61 Å². The van der Waals surface area contributed by atoms with E-state index in [9.17, 15) is 4.79 Å². The van der Waals surface area contributed by atoms with Crippen LogP contribution in [0.2, 0.25) is 0 Å². The van der Waals surface area contributed by atoms with Crippen LogP contribution in [-0.2, 0) is 4.74 Å². The van der Waals surface area contributed by atoms with Crippen molar-refractivity contribution in [1.82, 2.24) is 0 Å². The van der Waals surface area contributed by atoms with Crippen LogP contribution in [0.4, 0.5) is 9.59 Å². The lowest BCUT2D eigenvalue weighted by Crippen LogP contribution is -2.11. The maximum Gasteiger partial charge on any atom is 0.404 e. The predicted molar refractivity (Wildman–Crippen MR) is 73.8 cm³/mol. The van der Waals surface area contributed by atoms with Gasteiger partial charge in [0.2, 0.25) is 0 Å². The Hall–Kier alpha value is -1.46. The predicted octanol–water partition coefficient (Wildman–Crippen LogP) is 3.54. The number of hydrogen-bond donors (Lipinski definition) is 3. The summed E-state index contributed by atoms with van der Waals surface area (Å²) in [6.45, 7) is 2.06. The smallest absolute Gasteiger partial charge is 0.404 e. The third-order valence-corrected chi connectivity index (χ3v) is 0.287. The lowest BCUT2D eigenvalue weighted by Gasteiger charge is -1.89. The van der Waals surface area contributed by atoms with Gasteiger partial charge in [-0.3, -0.25) is 0 Å². The van der Waals surface area contributed by atoms with Gasteiger partial charge >= 0.3 is 12.2 Å². The fourth-order valence-corrected chi connectivity index (χ4v) is 0.142. The average molecular weight is 246 g/mol. The first-order valence-corrected chi connectivity index (χ1v) is 2.41. The Morgan fingerprint density at radius 2 is 1.19 bits per heavy atom. The summed E-state index contributed by atoms with van der Waals surface area (Å²) in [5.41, 5.74) is 8.57. The summed E-state index contributed by atoms with van der Waals surface area (Å²) < 4.78 is 4.18. The van der Waals surface area contributed by atoms with Crippen molar-refractivity contribution in [3.63, 3.8) is 0 Å². The molecule has 0 bridgehead atoms. The van der Waals surface area contributed by atoms with Crippen molar-refractivity contribution in [3.8, 4) is 0 Å². The van der Waals surface area contributed by atoms with Crippen molar-refractivity contribution >= 4 is 12.2 Å². The lowest BCUT2D eigenvalue weighted by molar-refractivity contribution is 0.163. The first kappa shape index (κ1) is 62.3. The molecule has 0 saturated heterocycles. The molecule has 108 valence electrons. The zero-order valence-electron chi connectivity index (χ0n) is 5.53. The molecule has 0 atom stereocenters. The molecule has 16 heavy (non-hydrogen) atoms. The summed E-state index contributed by atoms with van der Waals surface area (Å²) in [7, 11) is 0. The number of nitrogens with two attached hydrogens (primary N) is 2. The summed E-state index contributed by atoms with van der Waals surface area (Å²) in [6.07, 6.45) is -2.04. The van der Waals surface area contributed by atoms with Gasteiger partial charge in [-0.2, -0.15) is 0 Å². The monoisotopic (exact) mass is 246 g/mol. The topological polar surface area (TPSA) is 116 Å². The van der Waals surface area contributed by atoms with Crippen LogP contribution >= 0.6 is 0 Å². The quantitative estimate of drug-likeness (QED) is 0.656. The Labute approximate surface area is 102 Å². The van der Waals surface area contributed by atoms with Crippen molar-refractivity contribution in [1.29, 1.82) is 0 Å². The van der Waals surface area contributed by atoms with Crippen molar-refractivity contribution < 1.29 is 19.4 Å². The van der Waals surface area contributed by atoms with E-state index in [0.717, 1.165) is 0 Å². The normalized spacial score (nSPS) is 4.31. The van der Waals surface area contributed by atoms with E-state index in [1.165, 1.54) is 0 Å². The number of ether oxygens (including phenoxy) is 1. The molecule has 6 heteroatoms. The maximum atomic E-state index is 9.60. The van der Waals surface area contributed by atoms with Crippen LogP contribution in [0.5, 0.6) is 0 Å². The first-order valence-electron chi connectivity index (χ1n) is 2.41. The molecule has 5 N–H and O–H groups in total. The van der Waals surface area contributed by atoms with Gasteiger partial charge in [-0.25, -0.2) is 9.59 Å². The van der Waals surface area contributed by atoms with Crippen molar-refractivity contribution in [2.24, 2.45) is 11.5 Å². The Morgan fingerprint density at radius 1 is 1.00 bits per heavy atom. The van der Waals surface area contributed by atoms with Crippen LogP contribution in [0.1, 0.15) is 51.5 Å². The minimum atomic E-state index is -1.33. The second-order valence-electron chi connectivity index (χ2n) is 1.09. The molecule has 0 aromatic rings. The molecule has 2 amide bonds. The third kappa shape index (κ3) is 704. The molecule has 0 aliphatic rings. The molecule has 0 fully saturated rings. The summed E-state index contributed by atoms with van der Waals surface area (Å²) in [5.74, 6) is 0. The highest BCUT2D eigenvalue weighted by molar-refractivity contribution is 5.64. The van der Waals surface area contributed by atoms with E-state index < -0.39 is 12.2 Å². The molecule has 0 rings (SSSR count). The highest BCUT2D eigenvalue weighted by Crippen LogP contribution is 1.66. The fraction of sp³-hybridized carbons (Fsp3) is 0.800. The number of rotatable bonds is 1. The molecule has 0 aliphatic carbocycles. The minimum Gasteiger partial charge on any atom is -0.465 e. The average Bonchev–Trinajstić information content (AvgIpc) is 1.62.